The smallest absolute Gasteiger partial charge is 0.222 e. The molecule has 0 aromatic heterocycles. The lowest BCUT2D eigenvalue weighted by atomic mass is 9.91. The van der Waals surface area contributed by atoms with E-state index < -0.39 is 0 Å². The van der Waals surface area contributed by atoms with Gasteiger partial charge in [0.2, 0.25) is 5.91 Å². The maximum Gasteiger partial charge on any atom is 0.222 e. The number of unbranched alkanes of at least 4 members (excludes halogenated alkanes) is 9. The van der Waals surface area contributed by atoms with Gasteiger partial charge in [-0.3, -0.25) is 4.79 Å². The zero-order chi connectivity index (χ0) is 19.5. The maximum atomic E-state index is 12.3. The van der Waals surface area contributed by atoms with E-state index in [0.717, 1.165) is 25.3 Å². The van der Waals surface area contributed by atoms with Gasteiger partial charge in [-0.25, -0.2) is 0 Å². The molecule has 0 aromatic rings. The SMILES string of the molecule is CCCCCCCCC(=O)N(C)CCCC(CCCCC)CCCCC. The molecule has 0 heterocycles. The number of hydrogen-bond donors (Lipinski definition) is 0. The molecule has 0 aromatic carbocycles. The largest absolute Gasteiger partial charge is 0.346 e. The van der Waals surface area contributed by atoms with Crippen molar-refractivity contribution in [2.24, 2.45) is 5.92 Å². The molecule has 0 bridgehead atoms. The van der Waals surface area contributed by atoms with Gasteiger partial charge in [0.15, 0.2) is 0 Å². The summed E-state index contributed by atoms with van der Waals surface area (Å²) in [5.74, 6) is 1.24. The van der Waals surface area contributed by atoms with E-state index in [9.17, 15) is 4.79 Å². The van der Waals surface area contributed by atoms with Gasteiger partial charge in [0.05, 0.1) is 0 Å². The Morgan fingerprint density at radius 1 is 0.654 bits per heavy atom. The van der Waals surface area contributed by atoms with E-state index in [2.05, 4.69) is 20.8 Å². The molecule has 0 saturated heterocycles. The van der Waals surface area contributed by atoms with Gasteiger partial charge in [0, 0.05) is 20.0 Å². The molecule has 0 unspecified atom stereocenters. The van der Waals surface area contributed by atoms with Crippen molar-refractivity contribution in [1.29, 1.82) is 0 Å². The monoisotopic (exact) mass is 367 g/mol. The highest BCUT2D eigenvalue weighted by molar-refractivity contribution is 5.75. The Kier molecular flexibility index (Phi) is 18.8. The number of amides is 1. The molecular weight excluding hydrogens is 318 g/mol. The zero-order valence-corrected chi connectivity index (χ0v) is 18.7. The van der Waals surface area contributed by atoms with Gasteiger partial charge in [0.1, 0.15) is 0 Å². The van der Waals surface area contributed by atoms with Crippen LogP contribution in [0, 0.1) is 5.92 Å². The second-order valence-electron chi connectivity index (χ2n) is 8.33. The van der Waals surface area contributed by atoms with E-state index >= 15 is 0 Å². The lowest BCUT2D eigenvalue weighted by molar-refractivity contribution is -0.130. The van der Waals surface area contributed by atoms with Crippen LogP contribution in [0.2, 0.25) is 0 Å². The second-order valence-corrected chi connectivity index (χ2v) is 8.33. The summed E-state index contributed by atoms with van der Waals surface area (Å²) in [6, 6.07) is 0. The molecule has 0 aliphatic rings. The highest BCUT2D eigenvalue weighted by Gasteiger charge is 2.11. The molecule has 1 amide bonds. The Bertz CT molecular complexity index is 293. The second kappa shape index (κ2) is 19.2. The molecule has 0 spiro atoms. The van der Waals surface area contributed by atoms with Crippen molar-refractivity contribution in [2.75, 3.05) is 13.6 Å². The molecule has 0 N–H and O–H groups in total. The van der Waals surface area contributed by atoms with Crippen LogP contribution in [0.1, 0.15) is 130 Å². The zero-order valence-electron chi connectivity index (χ0n) is 18.7. The van der Waals surface area contributed by atoms with E-state index in [1.165, 1.54) is 96.3 Å². The lowest BCUT2D eigenvalue weighted by Gasteiger charge is -2.20. The summed E-state index contributed by atoms with van der Waals surface area (Å²) in [6.45, 7) is 7.77. The molecule has 0 saturated carbocycles. The van der Waals surface area contributed by atoms with Crippen LogP contribution in [0.25, 0.3) is 0 Å². The summed E-state index contributed by atoms with van der Waals surface area (Å²) in [6.07, 6.45) is 21.7. The molecule has 0 fully saturated rings. The molecule has 0 radical (unpaired) electrons. The van der Waals surface area contributed by atoms with Crippen LogP contribution >= 0.6 is 0 Å². The highest BCUT2D eigenvalue weighted by Crippen LogP contribution is 2.22. The average Bonchev–Trinajstić information content (AvgIpc) is 2.64. The van der Waals surface area contributed by atoms with Crippen molar-refractivity contribution >= 4 is 5.91 Å². The fraction of sp³-hybridized carbons (Fsp3) is 0.958. The number of carbonyl (C=O) groups excluding carboxylic acids is 1. The highest BCUT2D eigenvalue weighted by atomic mass is 16.2. The minimum Gasteiger partial charge on any atom is -0.346 e. The maximum absolute atomic E-state index is 12.3. The van der Waals surface area contributed by atoms with Gasteiger partial charge in [0.25, 0.3) is 0 Å². The molecule has 156 valence electrons. The first-order valence-corrected chi connectivity index (χ1v) is 11.9. The number of carbonyl (C=O) groups is 1. The fourth-order valence-corrected chi connectivity index (χ4v) is 3.79. The van der Waals surface area contributed by atoms with Gasteiger partial charge in [-0.15, -0.1) is 0 Å². The van der Waals surface area contributed by atoms with E-state index in [1.807, 2.05) is 11.9 Å². The van der Waals surface area contributed by atoms with E-state index in [1.54, 1.807) is 0 Å². The summed E-state index contributed by atoms with van der Waals surface area (Å²) in [7, 11) is 2.00. The van der Waals surface area contributed by atoms with Gasteiger partial charge in [-0.2, -0.15) is 0 Å². The summed E-state index contributed by atoms with van der Waals surface area (Å²) < 4.78 is 0. The van der Waals surface area contributed by atoms with E-state index in [4.69, 9.17) is 0 Å². The minimum atomic E-state index is 0.356. The predicted octanol–water partition coefficient (Wildman–Crippen LogP) is 7.75. The van der Waals surface area contributed by atoms with Crippen LogP contribution in [0.15, 0.2) is 0 Å². The summed E-state index contributed by atoms with van der Waals surface area (Å²) in [5.41, 5.74) is 0. The first kappa shape index (κ1) is 25.5. The van der Waals surface area contributed by atoms with Gasteiger partial charge < -0.3 is 4.90 Å². The van der Waals surface area contributed by atoms with Crippen molar-refractivity contribution in [1.82, 2.24) is 4.90 Å². The topological polar surface area (TPSA) is 20.3 Å². The van der Waals surface area contributed by atoms with Crippen LogP contribution in [-0.2, 0) is 4.79 Å². The summed E-state index contributed by atoms with van der Waals surface area (Å²) >= 11 is 0. The average molecular weight is 368 g/mol. The molecule has 0 atom stereocenters. The molecule has 2 heteroatoms. The Labute approximate surface area is 165 Å². The van der Waals surface area contributed by atoms with Crippen molar-refractivity contribution in [2.45, 2.75) is 130 Å². The van der Waals surface area contributed by atoms with Crippen LogP contribution < -0.4 is 0 Å². The molecule has 26 heavy (non-hydrogen) atoms. The van der Waals surface area contributed by atoms with Crippen LogP contribution in [-0.4, -0.2) is 24.4 Å². The third-order valence-corrected chi connectivity index (χ3v) is 5.71. The third-order valence-electron chi connectivity index (χ3n) is 5.71. The van der Waals surface area contributed by atoms with Crippen LogP contribution in [0.4, 0.5) is 0 Å². The predicted molar refractivity (Wildman–Crippen MR) is 117 cm³/mol. The Morgan fingerprint density at radius 2 is 1.12 bits per heavy atom. The normalized spacial score (nSPS) is 11.3. The Hall–Kier alpha value is -0.530. The van der Waals surface area contributed by atoms with Crippen molar-refractivity contribution < 1.29 is 4.79 Å². The first-order chi connectivity index (χ1) is 12.7. The minimum absolute atomic E-state index is 0.356. The van der Waals surface area contributed by atoms with Gasteiger partial charge in [-0.05, 0) is 25.2 Å². The van der Waals surface area contributed by atoms with Crippen LogP contribution in [0.5, 0.6) is 0 Å². The molecular formula is C24H49NO. The fourth-order valence-electron chi connectivity index (χ4n) is 3.79. The van der Waals surface area contributed by atoms with E-state index in [0.29, 0.717) is 5.91 Å². The summed E-state index contributed by atoms with van der Waals surface area (Å²) in [5, 5.41) is 0. The van der Waals surface area contributed by atoms with Crippen molar-refractivity contribution in [3.63, 3.8) is 0 Å². The van der Waals surface area contributed by atoms with Gasteiger partial charge >= 0.3 is 0 Å². The summed E-state index contributed by atoms with van der Waals surface area (Å²) in [4.78, 5) is 14.2. The number of hydrogen-bond acceptors (Lipinski definition) is 1. The van der Waals surface area contributed by atoms with Gasteiger partial charge in [-0.1, -0.05) is 104 Å². The van der Waals surface area contributed by atoms with E-state index in [-0.39, 0.29) is 0 Å². The molecule has 2 nitrogen and oxygen atoms in total. The standard InChI is InChI=1S/C24H49NO/c1-5-8-11-12-13-16-21-24(26)25(4)22-17-20-23(18-14-9-6-2)19-15-10-7-3/h23H,5-22H2,1-4H3. The molecule has 0 aliphatic heterocycles. The van der Waals surface area contributed by atoms with Crippen molar-refractivity contribution in [3.8, 4) is 0 Å². The quantitative estimate of drug-likeness (QED) is 0.214. The first-order valence-electron chi connectivity index (χ1n) is 11.9. The number of nitrogens with zero attached hydrogens (tertiary/aromatic N) is 1. The Morgan fingerprint density at radius 3 is 1.69 bits per heavy atom. The third kappa shape index (κ3) is 15.7. The van der Waals surface area contributed by atoms with Crippen LogP contribution in [0.3, 0.4) is 0 Å². The van der Waals surface area contributed by atoms with Crippen molar-refractivity contribution in [3.05, 3.63) is 0 Å². The molecule has 0 aliphatic carbocycles. The Balaban J connectivity index is 3.88. The number of rotatable bonds is 19. The molecule has 0 rings (SSSR count). The lowest BCUT2D eigenvalue weighted by Crippen LogP contribution is -2.27.